The van der Waals surface area contributed by atoms with E-state index in [9.17, 15) is 0 Å². The summed E-state index contributed by atoms with van der Waals surface area (Å²) in [4.78, 5) is 2.63. The molecule has 0 aromatic carbocycles. The molecule has 0 radical (unpaired) electrons. The van der Waals surface area contributed by atoms with Crippen molar-refractivity contribution in [2.45, 2.75) is 65.5 Å². The fourth-order valence-electron chi connectivity index (χ4n) is 2.78. The van der Waals surface area contributed by atoms with Gasteiger partial charge in [-0.15, -0.1) is 0 Å². The molecular weight excluding hydrogens is 236 g/mol. The van der Waals surface area contributed by atoms with Crippen LogP contribution in [0.4, 0.5) is 0 Å². The molecule has 0 saturated carbocycles. The highest BCUT2D eigenvalue weighted by molar-refractivity contribution is 4.82. The van der Waals surface area contributed by atoms with Crippen molar-refractivity contribution in [2.24, 2.45) is 5.92 Å². The highest BCUT2D eigenvalue weighted by Gasteiger charge is 2.24. The first kappa shape index (κ1) is 16.9. The van der Waals surface area contributed by atoms with E-state index in [2.05, 4.69) is 37.9 Å². The molecule has 1 aliphatic rings. The van der Waals surface area contributed by atoms with Gasteiger partial charge in [-0.25, -0.2) is 0 Å². The van der Waals surface area contributed by atoms with E-state index in [1.54, 1.807) is 0 Å². The zero-order valence-corrected chi connectivity index (χ0v) is 13.5. The molecule has 1 N–H and O–H groups in total. The summed E-state index contributed by atoms with van der Waals surface area (Å²) in [7, 11) is 0. The van der Waals surface area contributed by atoms with Crippen molar-refractivity contribution in [1.82, 2.24) is 10.2 Å². The summed E-state index contributed by atoms with van der Waals surface area (Å²) >= 11 is 0. The van der Waals surface area contributed by atoms with Crippen LogP contribution < -0.4 is 5.32 Å². The van der Waals surface area contributed by atoms with E-state index in [1.165, 1.54) is 45.3 Å². The Balaban J connectivity index is 2.08. The second kappa shape index (κ2) is 9.73. The van der Waals surface area contributed by atoms with E-state index < -0.39 is 0 Å². The maximum atomic E-state index is 5.66. The summed E-state index contributed by atoms with van der Waals surface area (Å²) in [5.74, 6) is 0.652. The largest absolute Gasteiger partial charge is 0.381 e. The summed E-state index contributed by atoms with van der Waals surface area (Å²) in [5, 5.41) is 3.66. The number of nitrogens with zero attached hydrogens (tertiary/aromatic N) is 1. The molecule has 3 nitrogen and oxygen atoms in total. The normalized spacial score (nSPS) is 25.1. The van der Waals surface area contributed by atoms with Crippen molar-refractivity contribution < 1.29 is 4.74 Å². The van der Waals surface area contributed by atoms with E-state index in [0.717, 1.165) is 19.3 Å². The summed E-state index contributed by atoms with van der Waals surface area (Å²) in [6.45, 7) is 14.4. The third-order valence-corrected chi connectivity index (χ3v) is 3.88. The Hall–Kier alpha value is -0.120. The fraction of sp³-hybridized carbons (Fsp3) is 1.00. The van der Waals surface area contributed by atoms with Gasteiger partial charge in [-0.2, -0.15) is 0 Å². The summed E-state index contributed by atoms with van der Waals surface area (Å²) in [5.41, 5.74) is 0. The molecule has 2 atom stereocenters. The molecule has 0 aromatic heterocycles. The van der Waals surface area contributed by atoms with Gasteiger partial charge in [-0.1, -0.05) is 20.8 Å². The lowest BCUT2D eigenvalue weighted by atomic mass is 9.98. The smallest absolute Gasteiger partial charge is 0.0489 e. The molecule has 0 bridgehead atoms. The minimum Gasteiger partial charge on any atom is -0.381 e. The number of nitrogens with one attached hydrogen (secondary N) is 1. The molecular formula is C16H34N2O. The van der Waals surface area contributed by atoms with Gasteiger partial charge in [0.05, 0.1) is 0 Å². The number of hydrogen-bond acceptors (Lipinski definition) is 3. The Morgan fingerprint density at radius 2 is 2.16 bits per heavy atom. The quantitative estimate of drug-likeness (QED) is 0.652. The van der Waals surface area contributed by atoms with Crippen LogP contribution in [0.25, 0.3) is 0 Å². The van der Waals surface area contributed by atoms with E-state index in [0.29, 0.717) is 12.0 Å². The third kappa shape index (κ3) is 7.28. The Morgan fingerprint density at radius 1 is 1.37 bits per heavy atom. The topological polar surface area (TPSA) is 24.5 Å². The molecule has 1 rings (SSSR count). The molecule has 114 valence electrons. The number of piperidine rings is 1. The van der Waals surface area contributed by atoms with Crippen LogP contribution in [-0.2, 0) is 4.74 Å². The highest BCUT2D eigenvalue weighted by atomic mass is 16.5. The minimum atomic E-state index is 0.652. The predicted octanol–water partition coefficient (Wildman–Crippen LogP) is 2.90. The van der Waals surface area contributed by atoms with Crippen molar-refractivity contribution in [3.8, 4) is 0 Å². The van der Waals surface area contributed by atoms with Crippen molar-refractivity contribution in [1.29, 1.82) is 0 Å². The predicted molar refractivity (Wildman–Crippen MR) is 82.6 cm³/mol. The third-order valence-electron chi connectivity index (χ3n) is 3.88. The number of ether oxygens (including phenoxy) is 1. The van der Waals surface area contributed by atoms with Gasteiger partial charge in [-0.3, -0.25) is 0 Å². The molecule has 1 fully saturated rings. The monoisotopic (exact) mass is 270 g/mol. The molecule has 0 amide bonds. The molecule has 19 heavy (non-hydrogen) atoms. The van der Waals surface area contributed by atoms with Gasteiger partial charge >= 0.3 is 0 Å². The second-order valence-electron chi connectivity index (χ2n) is 6.38. The van der Waals surface area contributed by atoms with Gasteiger partial charge in [0, 0.05) is 31.8 Å². The minimum absolute atomic E-state index is 0.652. The number of likely N-dealkylation sites (tertiary alicyclic amines) is 1. The first-order valence-corrected chi connectivity index (χ1v) is 8.18. The van der Waals surface area contributed by atoms with Gasteiger partial charge in [-0.05, 0) is 51.6 Å². The maximum Gasteiger partial charge on any atom is 0.0489 e. The molecule has 3 heteroatoms. The van der Waals surface area contributed by atoms with Crippen molar-refractivity contribution in [3.63, 3.8) is 0 Å². The summed E-state index contributed by atoms with van der Waals surface area (Å²) in [6.07, 6.45) is 5.01. The molecule has 1 aliphatic heterocycles. The molecule has 1 saturated heterocycles. The standard InChI is InChI=1S/C16H34N2O/c1-5-8-17-16-7-10-18(15(4)12-16)9-6-11-19-13-14(2)3/h14-17H,5-13H2,1-4H3. The average molecular weight is 270 g/mol. The van der Waals surface area contributed by atoms with Crippen LogP contribution in [0, 0.1) is 5.92 Å². The van der Waals surface area contributed by atoms with Crippen molar-refractivity contribution in [2.75, 3.05) is 32.8 Å². The van der Waals surface area contributed by atoms with Crippen LogP contribution in [0.3, 0.4) is 0 Å². The highest BCUT2D eigenvalue weighted by Crippen LogP contribution is 2.17. The van der Waals surface area contributed by atoms with Gasteiger partial charge in [0.25, 0.3) is 0 Å². The van der Waals surface area contributed by atoms with E-state index in [4.69, 9.17) is 4.74 Å². The van der Waals surface area contributed by atoms with Crippen molar-refractivity contribution >= 4 is 0 Å². The van der Waals surface area contributed by atoms with E-state index in [1.807, 2.05) is 0 Å². The Bertz CT molecular complexity index is 221. The number of rotatable bonds is 9. The zero-order chi connectivity index (χ0) is 14.1. The van der Waals surface area contributed by atoms with Crippen LogP contribution in [0.5, 0.6) is 0 Å². The lowest BCUT2D eigenvalue weighted by molar-refractivity contribution is 0.0831. The van der Waals surface area contributed by atoms with Crippen LogP contribution in [0.2, 0.25) is 0 Å². The summed E-state index contributed by atoms with van der Waals surface area (Å²) < 4.78 is 5.66. The van der Waals surface area contributed by atoms with Gasteiger partial charge in [0.15, 0.2) is 0 Å². The maximum absolute atomic E-state index is 5.66. The van der Waals surface area contributed by atoms with Crippen LogP contribution >= 0.6 is 0 Å². The van der Waals surface area contributed by atoms with E-state index in [-0.39, 0.29) is 0 Å². The first-order valence-electron chi connectivity index (χ1n) is 8.18. The summed E-state index contributed by atoms with van der Waals surface area (Å²) in [6, 6.07) is 1.46. The molecule has 0 aromatic rings. The molecule has 1 heterocycles. The van der Waals surface area contributed by atoms with Gasteiger partial charge < -0.3 is 15.0 Å². The Kier molecular flexibility index (Phi) is 8.67. The van der Waals surface area contributed by atoms with Crippen LogP contribution in [-0.4, -0.2) is 49.8 Å². The molecule has 0 aliphatic carbocycles. The molecule has 2 unspecified atom stereocenters. The van der Waals surface area contributed by atoms with E-state index >= 15 is 0 Å². The first-order chi connectivity index (χ1) is 9.13. The molecule has 0 spiro atoms. The second-order valence-corrected chi connectivity index (χ2v) is 6.38. The Labute approximate surface area is 120 Å². The average Bonchev–Trinajstić information content (AvgIpc) is 2.37. The fourth-order valence-corrected chi connectivity index (χ4v) is 2.78. The van der Waals surface area contributed by atoms with Crippen LogP contribution in [0.15, 0.2) is 0 Å². The number of hydrogen-bond donors (Lipinski definition) is 1. The van der Waals surface area contributed by atoms with Gasteiger partial charge in [0.1, 0.15) is 0 Å². The van der Waals surface area contributed by atoms with Gasteiger partial charge in [0.2, 0.25) is 0 Å². The SMILES string of the molecule is CCCNC1CCN(CCCOCC(C)C)C(C)C1. The lowest BCUT2D eigenvalue weighted by Gasteiger charge is -2.38. The van der Waals surface area contributed by atoms with Crippen molar-refractivity contribution in [3.05, 3.63) is 0 Å². The lowest BCUT2D eigenvalue weighted by Crippen LogP contribution is -2.47. The Morgan fingerprint density at radius 3 is 2.79 bits per heavy atom. The zero-order valence-electron chi connectivity index (χ0n) is 13.5. The van der Waals surface area contributed by atoms with Crippen LogP contribution in [0.1, 0.15) is 53.4 Å².